The van der Waals surface area contributed by atoms with Crippen molar-refractivity contribution in [3.63, 3.8) is 0 Å². The van der Waals surface area contributed by atoms with Crippen LogP contribution in [-0.2, 0) is 6.42 Å². The van der Waals surface area contributed by atoms with Gasteiger partial charge in [0, 0.05) is 5.69 Å². The van der Waals surface area contributed by atoms with Crippen LogP contribution in [0.25, 0.3) is 0 Å². The fourth-order valence-electron chi connectivity index (χ4n) is 2.02. The maximum Gasteiger partial charge on any atom is 0.123 e. The molecule has 0 bridgehead atoms. The molecule has 2 N–H and O–H groups in total. The molecule has 1 aliphatic heterocycles. The highest BCUT2D eigenvalue weighted by molar-refractivity contribution is 5.48. The number of nitrogens with two attached hydrogens (primary N) is 1. The van der Waals surface area contributed by atoms with Crippen molar-refractivity contribution < 1.29 is 4.74 Å². The summed E-state index contributed by atoms with van der Waals surface area (Å²) >= 11 is 0. The van der Waals surface area contributed by atoms with Gasteiger partial charge in [0.15, 0.2) is 0 Å². The predicted octanol–water partition coefficient (Wildman–Crippen LogP) is 3.01. The smallest absolute Gasteiger partial charge is 0.123 e. The first-order chi connectivity index (χ1) is 6.97. The van der Waals surface area contributed by atoms with Gasteiger partial charge < -0.3 is 10.5 Å². The average molecular weight is 205 g/mol. The fourth-order valence-corrected chi connectivity index (χ4v) is 2.02. The first-order valence-corrected chi connectivity index (χ1v) is 5.52. The molecular weight excluding hydrogens is 186 g/mol. The van der Waals surface area contributed by atoms with Crippen LogP contribution in [0, 0.1) is 5.41 Å². The van der Waals surface area contributed by atoms with E-state index in [0.717, 1.165) is 24.3 Å². The summed E-state index contributed by atoms with van der Waals surface area (Å²) in [6.45, 7) is 6.67. The largest absolute Gasteiger partial charge is 0.490 e. The number of anilines is 1. The van der Waals surface area contributed by atoms with Gasteiger partial charge in [-0.15, -0.1) is 0 Å². The minimum absolute atomic E-state index is 0.207. The standard InChI is InChI=1S/C13H19NO/c1-13(2,3)12-7-4-9-8-10(14)5-6-11(9)15-12/h5-6,8,12H,4,7,14H2,1-3H3. The van der Waals surface area contributed by atoms with Gasteiger partial charge in [0.25, 0.3) is 0 Å². The third-order valence-electron chi connectivity index (χ3n) is 3.00. The molecule has 2 rings (SSSR count). The molecule has 82 valence electrons. The molecule has 15 heavy (non-hydrogen) atoms. The highest BCUT2D eigenvalue weighted by atomic mass is 16.5. The van der Waals surface area contributed by atoms with Gasteiger partial charge in [0.1, 0.15) is 11.9 Å². The molecule has 1 heterocycles. The van der Waals surface area contributed by atoms with Crippen LogP contribution in [0.4, 0.5) is 5.69 Å². The van der Waals surface area contributed by atoms with Crippen LogP contribution >= 0.6 is 0 Å². The van der Waals surface area contributed by atoms with E-state index in [2.05, 4.69) is 20.8 Å². The molecule has 1 aromatic carbocycles. The average Bonchev–Trinajstić information content (AvgIpc) is 2.15. The van der Waals surface area contributed by atoms with E-state index in [4.69, 9.17) is 10.5 Å². The Morgan fingerprint density at radius 3 is 2.73 bits per heavy atom. The van der Waals surface area contributed by atoms with Crippen LogP contribution in [0.15, 0.2) is 18.2 Å². The lowest BCUT2D eigenvalue weighted by Crippen LogP contribution is -2.35. The van der Waals surface area contributed by atoms with E-state index in [-0.39, 0.29) is 5.41 Å². The van der Waals surface area contributed by atoms with Crippen molar-refractivity contribution in [1.82, 2.24) is 0 Å². The lowest BCUT2D eigenvalue weighted by Gasteiger charge is -2.35. The number of rotatable bonds is 0. The quantitative estimate of drug-likeness (QED) is 0.661. The number of hydrogen-bond donors (Lipinski definition) is 1. The minimum atomic E-state index is 0.207. The SMILES string of the molecule is CC(C)(C)C1CCc2cc(N)ccc2O1. The van der Waals surface area contributed by atoms with Gasteiger partial charge in [-0.05, 0) is 42.0 Å². The number of ether oxygens (including phenoxy) is 1. The van der Waals surface area contributed by atoms with E-state index in [1.54, 1.807) is 0 Å². The first kappa shape index (κ1) is 10.3. The molecule has 1 atom stereocenters. The Hall–Kier alpha value is -1.18. The lowest BCUT2D eigenvalue weighted by atomic mass is 9.84. The van der Waals surface area contributed by atoms with Crippen molar-refractivity contribution in [3.8, 4) is 5.75 Å². The highest BCUT2D eigenvalue weighted by Gasteiger charge is 2.30. The molecule has 2 heteroatoms. The normalized spacial score (nSPS) is 20.6. The first-order valence-electron chi connectivity index (χ1n) is 5.52. The minimum Gasteiger partial charge on any atom is -0.490 e. The van der Waals surface area contributed by atoms with E-state index in [1.165, 1.54) is 5.56 Å². The van der Waals surface area contributed by atoms with Crippen molar-refractivity contribution in [2.45, 2.75) is 39.7 Å². The summed E-state index contributed by atoms with van der Waals surface area (Å²) in [4.78, 5) is 0. The number of nitrogen functional groups attached to an aromatic ring is 1. The van der Waals surface area contributed by atoms with Gasteiger partial charge >= 0.3 is 0 Å². The van der Waals surface area contributed by atoms with Gasteiger partial charge in [-0.2, -0.15) is 0 Å². The Morgan fingerprint density at radius 1 is 1.33 bits per heavy atom. The number of fused-ring (bicyclic) bond motifs is 1. The lowest BCUT2D eigenvalue weighted by molar-refractivity contribution is 0.0675. The van der Waals surface area contributed by atoms with Crippen LogP contribution in [0.1, 0.15) is 32.8 Å². The summed E-state index contributed by atoms with van der Waals surface area (Å²) in [6, 6.07) is 5.92. The van der Waals surface area contributed by atoms with Gasteiger partial charge in [-0.25, -0.2) is 0 Å². The van der Waals surface area contributed by atoms with Gasteiger partial charge in [-0.1, -0.05) is 20.8 Å². The van der Waals surface area contributed by atoms with Crippen molar-refractivity contribution in [2.24, 2.45) is 5.41 Å². The third kappa shape index (κ3) is 2.09. The van der Waals surface area contributed by atoms with E-state index in [9.17, 15) is 0 Å². The maximum absolute atomic E-state index is 6.00. The van der Waals surface area contributed by atoms with Gasteiger partial charge in [0.05, 0.1) is 0 Å². The molecule has 0 fully saturated rings. The zero-order valence-corrected chi connectivity index (χ0v) is 9.71. The second-order valence-corrected chi connectivity index (χ2v) is 5.38. The van der Waals surface area contributed by atoms with E-state index in [1.807, 2.05) is 18.2 Å². The molecule has 1 aromatic rings. The Labute approximate surface area is 91.4 Å². The third-order valence-corrected chi connectivity index (χ3v) is 3.00. The van der Waals surface area contributed by atoms with Crippen LogP contribution in [0.2, 0.25) is 0 Å². The zero-order valence-electron chi connectivity index (χ0n) is 9.71. The molecule has 0 radical (unpaired) electrons. The molecule has 2 nitrogen and oxygen atoms in total. The van der Waals surface area contributed by atoms with E-state index >= 15 is 0 Å². The summed E-state index contributed by atoms with van der Waals surface area (Å²) in [6.07, 6.45) is 2.47. The summed E-state index contributed by atoms with van der Waals surface area (Å²) in [7, 11) is 0. The summed E-state index contributed by atoms with van der Waals surface area (Å²) < 4.78 is 6.00. The molecule has 1 aliphatic rings. The molecule has 1 unspecified atom stereocenters. The van der Waals surface area contributed by atoms with Gasteiger partial charge in [-0.3, -0.25) is 0 Å². The van der Waals surface area contributed by atoms with Crippen LogP contribution < -0.4 is 10.5 Å². The summed E-state index contributed by atoms with van der Waals surface area (Å²) in [5.74, 6) is 1.01. The molecular formula is C13H19NO. The van der Waals surface area contributed by atoms with Gasteiger partial charge in [0.2, 0.25) is 0 Å². The molecule has 0 spiro atoms. The van der Waals surface area contributed by atoms with Crippen LogP contribution in [0.5, 0.6) is 5.75 Å². The second-order valence-electron chi connectivity index (χ2n) is 5.38. The zero-order chi connectivity index (χ0) is 11.1. The van der Waals surface area contributed by atoms with Crippen molar-refractivity contribution >= 4 is 5.69 Å². The summed E-state index contributed by atoms with van der Waals surface area (Å²) in [5, 5.41) is 0. The Morgan fingerprint density at radius 2 is 2.07 bits per heavy atom. The Balaban J connectivity index is 2.24. The van der Waals surface area contributed by atoms with E-state index in [0.29, 0.717) is 6.10 Å². The Kier molecular flexibility index (Phi) is 2.37. The van der Waals surface area contributed by atoms with E-state index < -0.39 is 0 Å². The number of aryl methyl sites for hydroxylation is 1. The Bertz CT molecular complexity index is 365. The molecule has 0 amide bonds. The number of hydrogen-bond acceptors (Lipinski definition) is 2. The second kappa shape index (κ2) is 3.44. The predicted molar refractivity (Wildman–Crippen MR) is 63.0 cm³/mol. The van der Waals surface area contributed by atoms with Crippen molar-refractivity contribution in [2.75, 3.05) is 5.73 Å². The van der Waals surface area contributed by atoms with Crippen LogP contribution in [0.3, 0.4) is 0 Å². The van der Waals surface area contributed by atoms with Crippen LogP contribution in [-0.4, -0.2) is 6.10 Å². The molecule has 0 saturated carbocycles. The fraction of sp³-hybridized carbons (Fsp3) is 0.538. The summed E-state index contributed by atoms with van der Waals surface area (Å²) in [5.41, 5.74) is 8.03. The molecule has 0 saturated heterocycles. The highest BCUT2D eigenvalue weighted by Crippen LogP contribution is 2.35. The van der Waals surface area contributed by atoms with Crippen molar-refractivity contribution in [1.29, 1.82) is 0 Å². The topological polar surface area (TPSA) is 35.2 Å². The molecule has 0 aromatic heterocycles. The number of benzene rings is 1. The monoisotopic (exact) mass is 205 g/mol. The maximum atomic E-state index is 6.00. The molecule has 0 aliphatic carbocycles. The van der Waals surface area contributed by atoms with Crippen molar-refractivity contribution in [3.05, 3.63) is 23.8 Å².